The van der Waals surface area contributed by atoms with Crippen molar-refractivity contribution in [2.75, 3.05) is 0 Å². The Morgan fingerprint density at radius 1 is 1.67 bits per heavy atom. The van der Waals surface area contributed by atoms with E-state index >= 15 is 0 Å². The van der Waals surface area contributed by atoms with Crippen molar-refractivity contribution in [2.45, 2.75) is 26.7 Å². The lowest BCUT2D eigenvalue weighted by Crippen LogP contribution is -2.09. The molecule has 12 heavy (non-hydrogen) atoms. The molecule has 0 aromatic carbocycles. The molecule has 0 fully saturated rings. The summed E-state index contributed by atoms with van der Waals surface area (Å²) in [5, 5.41) is 8.75. The Balaban J connectivity index is 2.42. The molecule has 0 aliphatic heterocycles. The second-order valence-electron chi connectivity index (χ2n) is 3.57. The van der Waals surface area contributed by atoms with Crippen LogP contribution in [0.15, 0.2) is 12.5 Å². The minimum Gasteiger partial charge on any atom is -0.348 e. The predicted molar refractivity (Wildman–Crippen MR) is 46.3 cm³/mol. The Kier molecular flexibility index (Phi) is 2.49. The second kappa shape index (κ2) is 3.40. The number of aromatic nitrogens is 2. The molecule has 0 amide bonds. The summed E-state index contributed by atoms with van der Waals surface area (Å²) in [6.45, 7) is 3.90. The maximum atomic E-state index is 8.75. The lowest BCUT2D eigenvalue weighted by atomic mass is 9.89. The van der Waals surface area contributed by atoms with Gasteiger partial charge in [-0.25, -0.2) is 4.98 Å². The summed E-state index contributed by atoms with van der Waals surface area (Å²) in [7, 11) is 0. The van der Waals surface area contributed by atoms with E-state index in [9.17, 15) is 0 Å². The number of H-pyrrole nitrogens is 1. The molecule has 0 saturated carbocycles. The highest BCUT2D eigenvalue weighted by atomic mass is 14.9. The van der Waals surface area contributed by atoms with E-state index < -0.39 is 0 Å². The molecule has 0 unspecified atom stereocenters. The fraction of sp³-hybridized carbons (Fsp3) is 0.556. The molecule has 1 aromatic rings. The van der Waals surface area contributed by atoms with Gasteiger partial charge in [-0.1, -0.05) is 0 Å². The molecule has 0 radical (unpaired) electrons. The molecule has 1 rings (SSSR count). The van der Waals surface area contributed by atoms with Crippen molar-refractivity contribution in [1.29, 1.82) is 5.26 Å². The molecule has 3 nitrogen and oxygen atoms in total. The molecule has 3 heteroatoms. The maximum absolute atomic E-state index is 8.75. The summed E-state index contributed by atoms with van der Waals surface area (Å²) in [5.41, 5.74) is 0.865. The zero-order valence-electron chi connectivity index (χ0n) is 7.46. The average molecular weight is 163 g/mol. The lowest BCUT2D eigenvalue weighted by Gasteiger charge is -2.13. The van der Waals surface area contributed by atoms with Crippen molar-refractivity contribution in [3.63, 3.8) is 0 Å². The maximum Gasteiger partial charge on any atom is 0.0921 e. The summed E-state index contributed by atoms with van der Waals surface area (Å²) in [6.07, 6.45) is 5.22. The van der Waals surface area contributed by atoms with Crippen molar-refractivity contribution in [3.8, 4) is 6.07 Å². The van der Waals surface area contributed by atoms with E-state index in [2.05, 4.69) is 16.0 Å². The van der Waals surface area contributed by atoms with Crippen LogP contribution in [0.4, 0.5) is 0 Å². The van der Waals surface area contributed by atoms with Gasteiger partial charge in [0.25, 0.3) is 0 Å². The Morgan fingerprint density at radius 2 is 2.42 bits per heavy atom. The third-order valence-electron chi connectivity index (χ3n) is 1.88. The number of rotatable bonds is 3. The summed E-state index contributed by atoms with van der Waals surface area (Å²) in [4.78, 5) is 6.92. The topological polar surface area (TPSA) is 52.5 Å². The van der Waals surface area contributed by atoms with Crippen molar-refractivity contribution < 1.29 is 0 Å². The molecule has 0 bridgehead atoms. The van der Waals surface area contributed by atoms with Gasteiger partial charge in [0, 0.05) is 11.9 Å². The summed E-state index contributed by atoms with van der Waals surface area (Å²) in [5.74, 6) is 0. The molecule has 0 atom stereocenters. The van der Waals surface area contributed by atoms with Crippen molar-refractivity contribution >= 4 is 0 Å². The van der Waals surface area contributed by atoms with E-state index in [-0.39, 0.29) is 5.41 Å². The van der Waals surface area contributed by atoms with Crippen molar-refractivity contribution in [2.24, 2.45) is 5.41 Å². The van der Waals surface area contributed by atoms with Crippen molar-refractivity contribution in [1.82, 2.24) is 9.97 Å². The van der Waals surface area contributed by atoms with Crippen molar-refractivity contribution in [3.05, 3.63) is 18.2 Å². The van der Waals surface area contributed by atoms with Gasteiger partial charge in [0.15, 0.2) is 0 Å². The van der Waals surface area contributed by atoms with E-state index in [0.29, 0.717) is 0 Å². The van der Waals surface area contributed by atoms with Crippen LogP contribution in [0.2, 0.25) is 0 Å². The fourth-order valence-electron chi connectivity index (χ4n) is 0.924. The summed E-state index contributed by atoms with van der Waals surface area (Å²) in [6, 6.07) is 2.27. The lowest BCUT2D eigenvalue weighted by molar-refractivity contribution is 0.450. The molecule has 0 saturated heterocycles. The largest absolute Gasteiger partial charge is 0.348 e. The number of imidazole rings is 1. The van der Waals surface area contributed by atoms with E-state index in [4.69, 9.17) is 5.26 Å². The Morgan fingerprint density at radius 3 is 2.92 bits per heavy atom. The van der Waals surface area contributed by atoms with Gasteiger partial charge in [-0.15, -0.1) is 0 Å². The standard InChI is InChI=1S/C9H13N3/c1-9(2,6-10)4-3-8-5-11-7-12-8/h5,7H,3-4H2,1-2H3,(H,11,12). The third-order valence-corrected chi connectivity index (χ3v) is 1.88. The highest BCUT2D eigenvalue weighted by Crippen LogP contribution is 2.20. The minimum atomic E-state index is -0.231. The first kappa shape index (κ1) is 8.79. The Hall–Kier alpha value is -1.30. The quantitative estimate of drug-likeness (QED) is 0.739. The first-order valence-electron chi connectivity index (χ1n) is 4.02. The third kappa shape index (κ3) is 2.39. The molecule has 1 heterocycles. The first-order valence-corrected chi connectivity index (χ1v) is 4.02. The van der Waals surface area contributed by atoms with Gasteiger partial charge in [0.1, 0.15) is 0 Å². The predicted octanol–water partition coefficient (Wildman–Crippen LogP) is 1.89. The van der Waals surface area contributed by atoms with Gasteiger partial charge in [0.2, 0.25) is 0 Å². The molecule has 0 spiro atoms. The van der Waals surface area contributed by atoms with Crippen LogP contribution >= 0.6 is 0 Å². The van der Waals surface area contributed by atoms with Gasteiger partial charge in [-0.05, 0) is 26.7 Å². The van der Waals surface area contributed by atoms with E-state index in [1.54, 1.807) is 12.5 Å². The fourth-order valence-corrected chi connectivity index (χ4v) is 0.924. The van der Waals surface area contributed by atoms with Crippen LogP contribution in [0.3, 0.4) is 0 Å². The zero-order chi connectivity index (χ0) is 9.03. The van der Waals surface area contributed by atoms with E-state index in [1.807, 2.05) is 13.8 Å². The molecule has 0 aliphatic carbocycles. The van der Waals surface area contributed by atoms with Gasteiger partial charge >= 0.3 is 0 Å². The van der Waals surface area contributed by atoms with Crippen LogP contribution in [0.25, 0.3) is 0 Å². The number of hydrogen-bond acceptors (Lipinski definition) is 2. The van der Waals surface area contributed by atoms with Gasteiger partial charge in [0.05, 0.1) is 17.8 Å². The number of aryl methyl sites for hydroxylation is 1. The number of nitriles is 1. The summed E-state index contributed by atoms with van der Waals surface area (Å²) >= 11 is 0. The zero-order valence-corrected chi connectivity index (χ0v) is 7.46. The molecule has 1 aromatic heterocycles. The van der Waals surface area contributed by atoms with Gasteiger partial charge in [-0.2, -0.15) is 5.26 Å². The van der Waals surface area contributed by atoms with E-state index in [1.165, 1.54) is 0 Å². The highest BCUT2D eigenvalue weighted by molar-refractivity contribution is 4.99. The van der Waals surface area contributed by atoms with Crippen LogP contribution in [-0.4, -0.2) is 9.97 Å². The van der Waals surface area contributed by atoms with Crippen LogP contribution in [-0.2, 0) is 6.42 Å². The first-order chi connectivity index (χ1) is 5.64. The van der Waals surface area contributed by atoms with Gasteiger partial charge < -0.3 is 4.98 Å². The van der Waals surface area contributed by atoms with Crippen LogP contribution in [0, 0.1) is 16.7 Å². The van der Waals surface area contributed by atoms with Crippen LogP contribution in [0.1, 0.15) is 26.0 Å². The van der Waals surface area contributed by atoms with E-state index in [0.717, 1.165) is 18.5 Å². The Bertz CT molecular complexity index is 266. The Labute approximate surface area is 72.4 Å². The molecular formula is C9H13N3. The summed E-state index contributed by atoms with van der Waals surface area (Å²) < 4.78 is 0. The SMILES string of the molecule is CC(C)(C#N)CCc1cnc[nH]1. The minimum absolute atomic E-state index is 0.231. The monoisotopic (exact) mass is 163 g/mol. The van der Waals surface area contributed by atoms with Crippen LogP contribution in [0.5, 0.6) is 0 Å². The molecule has 64 valence electrons. The average Bonchev–Trinajstić information content (AvgIpc) is 2.53. The number of nitrogens with zero attached hydrogens (tertiary/aromatic N) is 2. The normalized spacial score (nSPS) is 11.1. The van der Waals surface area contributed by atoms with Gasteiger partial charge in [-0.3, -0.25) is 0 Å². The molecule has 0 aliphatic rings. The smallest absolute Gasteiger partial charge is 0.0921 e. The van der Waals surface area contributed by atoms with Crippen LogP contribution < -0.4 is 0 Å². The number of nitrogens with one attached hydrogen (secondary N) is 1. The highest BCUT2D eigenvalue weighted by Gasteiger charge is 2.16. The second-order valence-corrected chi connectivity index (χ2v) is 3.57. The number of hydrogen-bond donors (Lipinski definition) is 1. The molecule has 1 N–H and O–H groups in total. The molecular weight excluding hydrogens is 150 g/mol. The number of aromatic amines is 1.